The minimum Gasteiger partial charge on any atom is -0.508 e. The molecule has 3 aliphatic carbocycles. The largest absolute Gasteiger partial charge is 0.508 e. The molecule has 376 valence electrons. The number of hydrogen-bond donors (Lipinski definition) is 10. The number of furan rings is 2. The maximum atomic E-state index is 13.7. The summed E-state index contributed by atoms with van der Waals surface area (Å²) >= 11 is 0. The molecule has 3 aliphatic rings. The molecule has 13 N–H and O–H groups in total. The van der Waals surface area contributed by atoms with Gasteiger partial charge in [0.2, 0.25) is 0 Å². The minimum atomic E-state index is -1.10. The summed E-state index contributed by atoms with van der Waals surface area (Å²) in [5.74, 6) is -5.00. The third-order valence-corrected chi connectivity index (χ3v) is 10.6. The van der Waals surface area contributed by atoms with Crippen LogP contribution in [0.25, 0.3) is 0 Å². The third-order valence-electron chi connectivity index (χ3n) is 10.6. The van der Waals surface area contributed by atoms with E-state index in [4.69, 9.17) is 39.8 Å². The number of carbonyl (C=O) groups is 7. The zero-order chi connectivity index (χ0) is 51.2. The van der Waals surface area contributed by atoms with E-state index in [1.807, 2.05) is 0 Å². The second kappa shape index (κ2) is 25.1. The van der Waals surface area contributed by atoms with Gasteiger partial charge in [0.25, 0.3) is 17.8 Å². The second-order valence-electron chi connectivity index (χ2n) is 15.8. The van der Waals surface area contributed by atoms with E-state index in [1.54, 1.807) is 0 Å². The van der Waals surface area contributed by atoms with Gasteiger partial charge in [-0.25, -0.2) is 18.0 Å². The van der Waals surface area contributed by atoms with Gasteiger partial charge < -0.3 is 61.9 Å². The van der Waals surface area contributed by atoms with Crippen LogP contribution in [-0.2, 0) is 24.1 Å². The Labute approximate surface area is 402 Å². The normalized spacial score (nSPS) is 13.3. The number of aromatic amines is 1. The van der Waals surface area contributed by atoms with E-state index in [0.29, 0.717) is 54.8 Å². The number of nitrogen functional groups attached to an aromatic ring is 1. The molecule has 0 unspecified atom stereocenters. The second-order valence-corrected chi connectivity index (χ2v) is 15.8. The molecule has 71 heavy (non-hydrogen) atoms. The maximum absolute atomic E-state index is 13.7. The predicted molar refractivity (Wildman–Crippen MR) is 249 cm³/mol. The van der Waals surface area contributed by atoms with Crippen LogP contribution in [0.2, 0.25) is 0 Å². The summed E-state index contributed by atoms with van der Waals surface area (Å²) in [6.45, 7) is 1.08. The number of nitrogens with two attached hydrogens (primary N) is 1. The number of aromatic hydroxyl groups is 3. The van der Waals surface area contributed by atoms with E-state index >= 15 is 0 Å². The number of rotatable bonds is 5. The number of amides is 2. The number of carboxylic acid groups (broad SMARTS) is 2. The summed E-state index contributed by atoms with van der Waals surface area (Å²) in [4.78, 5) is 82.9. The number of halogens is 3. The predicted octanol–water partition coefficient (Wildman–Crippen LogP) is 9.17. The number of phenolic OH excluding ortho intramolecular Hbond substituents is 3. The van der Waals surface area contributed by atoms with Crippen molar-refractivity contribution in [1.29, 1.82) is 0 Å². The fourth-order valence-electron chi connectivity index (χ4n) is 7.31. The number of carboxylic acids is 2. The van der Waals surface area contributed by atoms with E-state index in [2.05, 4.69) is 15.6 Å². The van der Waals surface area contributed by atoms with Crippen LogP contribution >= 0.6 is 0 Å². The van der Waals surface area contributed by atoms with Gasteiger partial charge in [-0.1, -0.05) is 0 Å². The standard InChI is InChI=1S/C16H15FN2O3.C16H14FNO4.C9H8O4.C6H6FNO.C2H4O2.H3N/c17-11-7-9(20)5-6-12(11)19-16(22)10-8-18-13-3-1-2-4-14(21)15(10)13;17-11-7-9(19)5-6-12(11)18-16(21)10-8-22-14-4-2-1-3-13(20)15(10)14;10-6-2-1-3-7-8(6)5(4-13-7)9(11)12;7-5-3-4(9)1-2-6(5)8;1-2(3)4;/h5-8,18,20H,1-4H2,(H,19,22);5-8,19H,1-4H2,(H,18,21);4H,1-3H2,(H,11,12);1-3,9H,8H2;1H3,(H,3,4);1H3. The molecule has 0 spiro atoms. The zero-order valence-electron chi connectivity index (χ0n) is 38.0. The molecule has 3 aromatic heterocycles. The highest BCUT2D eigenvalue weighted by molar-refractivity contribution is 6.14. The highest BCUT2D eigenvalue weighted by Crippen LogP contribution is 2.29. The van der Waals surface area contributed by atoms with Crippen LogP contribution in [0.3, 0.4) is 0 Å². The van der Waals surface area contributed by atoms with Crippen LogP contribution in [0.1, 0.15) is 138 Å². The summed E-state index contributed by atoms with van der Waals surface area (Å²) in [6.07, 6.45) is 11.1. The molecular formula is C49H50F3N5O14. The summed E-state index contributed by atoms with van der Waals surface area (Å²) in [7, 11) is 0. The molecule has 22 heteroatoms. The molecule has 19 nitrogen and oxygen atoms in total. The van der Waals surface area contributed by atoms with Crippen LogP contribution in [0.15, 0.2) is 82.2 Å². The number of anilines is 3. The summed E-state index contributed by atoms with van der Waals surface area (Å²) in [5, 5.41) is 48.0. The quantitative estimate of drug-likeness (QED) is 0.0437. The van der Waals surface area contributed by atoms with Crippen LogP contribution in [-0.4, -0.2) is 71.6 Å². The molecular weight excluding hydrogens is 940 g/mol. The third kappa shape index (κ3) is 14.7. The Hall–Kier alpha value is -8.66. The number of hydrogen-bond acceptors (Lipinski definition) is 14. The lowest BCUT2D eigenvalue weighted by Gasteiger charge is -2.08. The molecule has 0 radical (unpaired) electrons. The number of ketones is 3. The fraction of sp³-hybridized carbons (Fsp3) is 0.245. The first-order chi connectivity index (χ1) is 33.2. The van der Waals surface area contributed by atoms with Crippen molar-refractivity contribution in [3.63, 3.8) is 0 Å². The average molecular weight is 990 g/mol. The number of carbonyl (C=O) groups excluding carboxylic acids is 5. The van der Waals surface area contributed by atoms with E-state index in [0.717, 1.165) is 75.6 Å². The number of fused-ring (bicyclic) bond motifs is 3. The Morgan fingerprint density at radius 2 is 0.986 bits per heavy atom. The van der Waals surface area contributed by atoms with E-state index in [9.17, 15) is 47.0 Å². The van der Waals surface area contributed by atoms with Crippen molar-refractivity contribution in [3.05, 3.63) is 141 Å². The Bertz CT molecular complexity index is 2810. The van der Waals surface area contributed by atoms with Crippen molar-refractivity contribution in [2.24, 2.45) is 0 Å². The number of aryl methyl sites for hydroxylation is 3. The monoisotopic (exact) mass is 989 g/mol. The van der Waals surface area contributed by atoms with Crippen molar-refractivity contribution in [2.45, 2.75) is 77.6 Å². The number of aromatic nitrogens is 1. The van der Waals surface area contributed by atoms with Gasteiger partial charge in [0, 0.05) is 69.1 Å². The molecule has 0 saturated carbocycles. The first-order valence-electron chi connectivity index (χ1n) is 21.5. The first kappa shape index (κ1) is 54.9. The van der Waals surface area contributed by atoms with Gasteiger partial charge in [-0.15, -0.1) is 0 Å². The molecule has 2 amide bonds. The lowest BCUT2D eigenvalue weighted by Crippen LogP contribution is -2.16. The molecule has 0 bridgehead atoms. The molecule has 3 heterocycles. The van der Waals surface area contributed by atoms with Crippen molar-refractivity contribution in [2.75, 3.05) is 16.4 Å². The number of aromatic carboxylic acids is 1. The van der Waals surface area contributed by atoms with E-state index in [-0.39, 0.29) is 80.1 Å². The topological polar surface area (TPSA) is 348 Å². The van der Waals surface area contributed by atoms with Crippen molar-refractivity contribution in [1.82, 2.24) is 11.1 Å². The van der Waals surface area contributed by atoms with E-state index in [1.165, 1.54) is 48.9 Å². The van der Waals surface area contributed by atoms with Crippen LogP contribution in [0.5, 0.6) is 17.2 Å². The van der Waals surface area contributed by atoms with Gasteiger partial charge in [0.05, 0.1) is 44.9 Å². The molecule has 0 fully saturated rings. The van der Waals surface area contributed by atoms with Crippen LogP contribution < -0.4 is 22.5 Å². The van der Waals surface area contributed by atoms with Crippen LogP contribution in [0, 0.1) is 17.5 Å². The highest BCUT2D eigenvalue weighted by Gasteiger charge is 2.29. The van der Waals surface area contributed by atoms with E-state index < -0.39 is 41.2 Å². The molecule has 0 atom stereocenters. The fourth-order valence-corrected chi connectivity index (χ4v) is 7.31. The first-order valence-corrected chi connectivity index (χ1v) is 21.5. The number of nitrogens with one attached hydrogen (secondary N) is 3. The molecule has 3 aromatic carbocycles. The SMILES string of the molecule is CC(=O)O.N.Nc1ccc(O)cc1F.O=C(Nc1ccc(O)cc1F)c1c[nH]c2c1C(=O)CCCC2.O=C(Nc1ccc(O)cc1F)c1coc2c1C(=O)CCCC2.O=C(O)c1coc2c1C(=O)CCC2. The van der Waals surface area contributed by atoms with Crippen molar-refractivity contribution in [3.8, 4) is 17.2 Å². The van der Waals surface area contributed by atoms with Gasteiger partial charge in [-0.3, -0.25) is 28.8 Å². The Balaban J connectivity index is 0.000000209. The smallest absolute Gasteiger partial charge is 0.339 e. The number of phenols is 3. The van der Waals surface area contributed by atoms with Gasteiger partial charge in [0.1, 0.15) is 64.3 Å². The molecule has 0 aliphatic heterocycles. The van der Waals surface area contributed by atoms with Crippen molar-refractivity contribution < 1.29 is 81.1 Å². The minimum absolute atomic E-state index is 0. The van der Waals surface area contributed by atoms with Gasteiger partial charge in [-0.05, 0) is 74.9 Å². The lowest BCUT2D eigenvalue weighted by molar-refractivity contribution is -0.134. The average Bonchev–Trinajstić information content (AvgIpc) is 4.00. The highest BCUT2D eigenvalue weighted by atomic mass is 19.1. The van der Waals surface area contributed by atoms with Crippen LogP contribution in [0.4, 0.5) is 30.2 Å². The summed E-state index contributed by atoms with van der Waals surface area (Å²) in [5.41, 5.74) is 7.14. The number of benzene rings is 3. The maximum Gasteiger partial charge on any atom is 0.339 e. The summed E-state index contributed by atoms with van der Waals surface area (Å²) < 4.78 is 50.0. The summed E-state index contributed by atoms with van der Waals surface area (Å²) in [6, 6.07) is 10.5. The molecule has 9 rings (SSSR count). The Kier molecular flexibility index (Phi) is 19.4. The Morgan fingerprint density at radius 1 is 0.577 bits per heavy atom. The molecule has 6 aromatic rings. The lowest BCUT2D eigenvalue weighted by atomic mass is 9.94. The van der Waals surface area contributed by atoms with Gasteiger partial charge >= 0.3 is 5.97 Å². The molecule has 0 saturated heterocycles. The Morgan fingerprint density at radius 3 is 1.48 bits per heavy atom. The van der Waals surface area contributed by atoms with Crippen molar-refractivity contribution >= 4 is 58.2 Å². The number of Topliss-reactive ketones (excluding diaryl/α,β-unsaturated/α-hetero) is 3. The van der Waals surface area contributed by atoms with Gasteiger partial charge in [-0.2, -0.15) is 0 Å². The zero-order valence-corrected chi connectivity index (χ0v) is 38.0. The number of H-pyrrole nitrogens is 1. The van der Waals surface area contributed by atoms with Gasteiger partial charge in [0.15, 0.2) is 17.3 Å². The number of aliphatic carboxylic acids is 1.